The molecule has 1 aliphatic rings. The number of rotatable bonds is 12. The second kappa shape index (κ2) is 13.7. The third-order valence-corrected chi connectivity index (χ3v) is 9.52. The lowest BCUT2D eigenvalue weighted by Crippen LogP contribution is -2.52. The number of methoxy groups -OCH3 is 2. The van der Waals surface area contributed by atoms with Crippen molar-refractivity contribution in [1.29, 1.82) is 0 Å². The number of sulfonamides is 1. The van der Waals surface area contributed by atoms with E-state index in [2.05, 4.69) is 5.32 Å². The van der Waals surface area contributed by atoms with Gasteiger partial charge in [-0.2, -0.15) is 0 Å². The Morgan fingerprint density at radius 2 is 1.57 bits per heavy atom. The highest BCUT2D eigenvalue weighted by Crippen LogP contribution is 2.33. The summed E-state index contributed by atoms with van der Waals surface area (Å²) in [5.41, 5.74) is 2.04. The zero-order chi connectivity index (χ0) is 30.3. The summed E-state index contributed by atoms with van der Waals surface area (Å²) in [6, 6.07) is 19.5. The van der Waals surface area contributed by atoms with Crippen LogP contribution in [0, 0.1) is 6.92 Å². The van der Waals surface area contributed by atoms with Gasteiger partial charge in [0.2, 0.25) is 11.8 Å². The summed E-state index contributed by atoms with van der Waals surface area (Å²) < 4.78 is 39.9. The van der Waals surface area contributed by atoms with Crippen LogP contribution in [0.3, 0.4) is 0 Å². The molecule has 0 aromatic heterocycles. The molecule has 42 heavy (non-hydrogen) atoms. The number of hydrogen-bond acceptors (Lipinski definition) is 6. The molecular weight excluding hydrogens is 554 g/mol. The van der Waals surface area contributed by atoms with Gasteiger partial charge in [0, 0.05) is 12.6 Å². The number of nitrogens with one attached hydrogen (secondary N) is 1. The minimum absolute atomic E-state index is 0.0144. The summed E-state index contributed by atoms with van der Waals surface area (Å²) in [6.45, 7) is 3.23. The van der Waals surface area contributed by atoms with Gasteiger partial charge < -0.3 is 19.7 Å². The van der Waals surface area contributed by atoms with Gasteiger partial charge in [0.25, 0.3) is 10.0 Å². The minimum atomic E-state index is -4.24. The molecule has 1 aliphatic carbocycles. The lowest BCUT2D eigenvalue weighted by atomic mass is 10.1. The number of carbonyl (C=O) groups excluding carboxylic acids is 2. The summed E-state index contributed by atoms with van der Waals surface area (Å²) in [4.78, 5) is 29.0. The van der Waals surface area contributed by atoms with Crippen molar-refractivity contribution in [3.8, 4) is 11.5 Å². The van der Waals surface area contributed by atoms with E-state index in [0.717, 1.165) is 41.1 Å². The number of amides is 2. The molecule has 3 aromatic rings. The molecule has 1 N–H and O–H groups in total. The topological polar surface area (TPSA) is 105 Å². The number of carbonyl (C=O) groups is 2. The van der Waals surface area contributed by atoms with Crippen molar-refractivity contribution in [1.82, 2.24) is 10.2 Å². The third kappa shape index (κ3) is 7.05. The quantitative estimate of drug-likeness (QED) is 0.327. The highest BCUT2D eigenvalue weighted by Gasteiger charge is 2.34. The number of para-hydroxylation sites is 2. The van der Waals surface area contributed by atoms with Crippen molar-refractivity contribution < 1.29 is 27.5 Å². The van der Waals surface area contributed by atoms with E-state index in [0.29, 0.717) is 11.5 Å². The average molecular weight is 594 g/mol. The van der Waals surface area contributed by atoms with Crippen LogP contribution in [0.25, 0.3) is 0 Å². The Morgan fingerprint density at radius 3 is 2.21 bits per heavy atom. The smallest absolute Gasteiger partial charge is 0.264 e. The van der Waals surface area contributed by atoms with E-state index < -0.39 is 28.5 Å². The van der Waals surface area contributed by atoms with Gasteiger partial charge in [-0.25, -0.2) is 8.42 Å². The van der Waals surface area contributed by atoms with Gasteiger partial charge in [-0.05, 0) is 74.2 Å². The predicted molar refractivity (Wildman–Crippen MR) is 162 cm³/mol. The fraction of sp³-hybridized carbons (Fsp3) is 0.375. The zero-order valence-corrected chi connectivity index (χ0v) is 25.4. The Balaban J connectivity index is 1.72. The van der Waals surface area contributed by atoms with Crippen LogP contribution in [0.1, 0.15) is 43.7 Å². The molecular formula is C32H39N3O6S. The highest BCUT2D eigenvalue weighted by molar-refractivity contribution is 7.92. The van der Waals surface area contributed by atoms with Gasteiger partial charge in [0.05, 0.1) is 24.8 Å². The van der Waals surface area contributed by atoms with Gasteiger partial charge in [-0.1, -0.05) is 49.2 Å². The number of aryl methyl sites for hydroxylation is 1. The van der Waals surface area contributed by atoms with Crippen molar-refractivity contribution in [2.45, 2.75) is 63.1 Å². The van der Waals surface area contributed by atoms with Crippen molar-refractivity contribution in [2.24, 2.45) is 0 Å². The van der Waals surface area contributed by atoms with Gasteiger partial charge in [-0.3, -0.25) is 13.9 Å². The highest BCUT2D eigenvalue weighted by atomic mass is 32.2. The van der Waals surface area contributed by atoms with E-state index in [1.165, 1.54) is 31.3 Å². The molecule has 10 heteroatoms. The van der Waals surface area contributed by atoms with Gasteiger partial charge in [-0.15, -0.1) is 0 Å². The average Bonchev–Trinajstić information content (AvgIpc) is 3.52. The molecule has 0 aliphatic heterocycles. The van der Waals surface area contributed by atoms with Crippen LogP contribution >= 0.6 is 0 Å². The molecule has 1 saturated carbocycles. The fourth-order valence-corrected chi connectivity index (χ4v) is 6.59. The number of hydrogen-bond donors (Lipinski definition) is 1. The molecule has 1 atom stereocenters. The molecule has 3 aromatic carbocycles. The van der Waals surface area contributed by atoms with Crippen LogP contribution in [0.4, 0.5) is 5.69 Å². The van der Waals surface area contributed by atoms with Crippen LogP contribution < -0.4 is 19.1 Å². The van der Waals surface area contributed by atoms with E-state index in [4.69, 9.17) is 9.47 Å². The number of ether oxygens (including phenoxy) is 2. The maximum atomic E-state index is 14.2. The molecule has 1 unspecified atom stereocenters. The van der Waals surface area contributed by atoms with E-state index >= 15 is 0 Å². The van der Waals surface area contributed by atoms with Crippen LogP contribution in [0.5, 0.6) is 11.5 Å². The van der Waals surface area contributed by atoms with E-state index in [9.17, 15) is 18.0 Å². The lowest BCUT2D eigenvalue weighted by Gasteiger charge is -2.33. The Labute approximate surface area is 248 Å². The molecule has 1 fully saturated rings. The van der Waals surface area contributed by atoms with E-state index in [1.807, 2.05) is 31.2 Å². The first kappa shape index (κ1) is 30.9. The van der Waals surface area contributed by atoms with Crippen molar-refractivity contribution in [2.75, 3.05) is 25.1 Å². The molecule has 0 heterocycles. The maximum absolute atomic E-state index is 14.2. The van der Waals surface area contributed by atoms with E-state index in [1.54, 1.807) is 43.3 Å². The summed E-state index contributed by atoms with van der Waals surface area (Å²) in [5.74, 6) is 0.0150. The number of nitrogens with zero attached hydrogens (tertiary/aromatic N) is 2. The van der Waals surface area contributed by atoms with Gasteiger partial charge >= 0.3 is 0 Å². The Morgan fingerprint density at radius 1 is 0.929 bits per heavy atom. The maximum Gasteiger partial charge on any atom is 0.264 e. The van der Waals surface area contributed by atoms with Crippen molar-refractivity contribution in [3.05, 3.63) is 83.9 Å². The Hall–Kier alpha value is -4.05. The second-order valence-electron chi connectivity index (χ2n) is 10.5. The fourth-order valence-electron chi connectivity index (χ4n) is 5.17. The SMILES string of the molecule is COc1ccc(S(=O)(=O)N(CC(=O)N(Cc2ccccc2C)C(C)C(=O)NC2CCCC2)c2ccccc2OC)cc1. The summed E-state index contributed by atoms with van der Waals surface area (Å²) >= 11 is 0. The number of anilines is 1. The molecule has 0 bridgehead atoms. The minimum Gasteiger partial charge on any atom is -0.497 e. The molecule has 0 spiro atoms. The normalized spacial score (nSPS) is 14.2. The molecule has 224 valence electrons. The van der Waals surface area contributed by atoms with Crippen LogP contribution in [-0.2, 0) is 26.2 Å². The predicted octanol–water partition coefficient (Wildman–Crippen LogP) is 4.68. The molecule has 2 amide bonds. The second-order valence-corrected chi connectivity index (χ2v) is 12.3. The summed E-state index contributed by atoms with van der Waals surface area (Å²) in [5, 5.41) is 3.09. The van der Waals surface area contributed by atoms with Gasteiger partial charge in [0.1, 0.15) is 24.1 Å². The largest absolute Gasteiger partial charge is 0.497 e. The van der Waals surface area contributed by atoms with Crippen LogP contribution in [0.15, 0.2) is 77.7 Å². The number of benzene rings is 3. The summed E-state index contributed by atoms with van der Waals surface area (Å²) in [6.07, 6.45) is 3.93. The van der Waals surface area contributed by atoms with E-state index in [-0.39, 0.29) is 29.1 Å². The zero-order valence-electron chi connectivity index (χ0n) is 24.6. The first-order valence-corrected chi connectivity index (χ1v) is 15.5. The third-order valence-electron chi connectivity index (χ3n) is 7.75. The van der Waals surface area contributed by atoms with Crippen LogP contribution in [0.2, 0.25) is 0 Å². The van der Waals surface area contributed by atoms with Crippen LogP contribution in [-0.4, -0.2) is 58.0 Å². The first-order valence-electron chi connectivity index (χ1n) is 14.1. The van der Waals surface area contributed by atoms with Gasteiger partial charge in [0.15, 0.2) is 0 Å². The Kier molecular flexibility index (Phi) is 10.1. The Bertz CT molecular complexity index is 1490. The molecule has 0 radical (unpaired) electrons. The van der Waals surface area contributed by atoms with Crippen molar-refractivity contribution >= 4 is 27.5 Å². The molecule has 9 nitrogen and oxygen atoms in total. The molecule has 4 rings (SSSR count). The standard InChI is InChI=1S/C32H39N3O6S/c1-23-11-5-6-12-25(23)21-34(24(2)32(37)33-26-13-7-8-14-26)31(36)22-35(29-15-9-10-16-30(29)41-4)42(38,39)28-19-17-27(40-3)18-20-28/h5-6,9-12,15-20,24,26H,7-8,13-14,21-22H2,1-4H3,(H,33,37). The summed E-state index contributed by atoms with van der Waals surface area (Å²) in [7, 11) is -1.30. The lowest BCUT2D eigenvalue weighted by molar-refractivity contribution is -0.139. The van der Waals surface area contributed by atoms with Crippen molar-refractivity contribution in [3.63, 3.8) is 0 Å². The first-order chi connectivity index (χ1) is 20.1. The molecule has 0 saturated heterocycles. The monoisotopic (exact) mass is 593 g/mol.